The Labute approximate surface area is 368 Å². The molecule has 364 valence electrons. The zero-order chi connectivity index (χ0) is 44.6. The van der Waals surface area contributed by atoms with Crippen molar-refractivity contribution in [2.45, 2.75) is 97.5 Å². The summed E-state index contributed by atoms with van der Waals surface area (Å²) in [6, 6.07) is 0. The van der Waals surface area contributed by atoms with E-state index in [4.69, 9.17) is 66.3 Å². The molecule has 61 heavy (non-hydrogen) atoms. The summed E-state index contributed by atoms with van der Waals surface area (Å²) in [5, 5.41) is 0. The minimum Gasteiger partial charge on any atom is -0.463 e. The first-order valence-electron chi connectivity index (χ1n) is 22.8. The Morgan fingerprint density at radius 1 is 0.377 bits per heavy atom. The molecule has 0 atom stereocenters. The molecule has 0 bridgehead atoms. The third-order valence-corrected chi connectivity index (χ3v) is 8.34. The molecule has 0 aromatic carbocycles. The van der Waals surface area contributed by atoms with E-state index in [0.29, 0.717) is 172 Å². The number of carbonyl (C=O) groups excluding carboxylic acids is 2. The first-order valence-corrected chi connectivity index (χ1v) is 22.8. The molecular formula is C44H87NO16. The van der Waals surface area contributed by atoms with Gasteiger partial charge in [0.1, 0.15) is 12.2 Å². The van der Waals surface area contributed by atoms with Crippen LogP contribution in [0.2, 0.25) is 0 Å². The fourth-order valence-electron chi connectivity index (χ4n) is 5.02. The van der Waals surface area contributed by atoms with Crippen molar-refractivity contribution in [2.75, 3.05) is 179 Å². The van der Waals surface area contributed by atoms with Gasteiger partial charge in [-0.1, -0.05) is 58.3 Å². The van der Waals surface area contributed by atoms with Crippen molar-refractivity contribution in [3.05, 3.63) is 0 Å². The Balaban J connectivity index is 3.16. The van der Waals surface area contributed by atoms with Gasteiger partial charge >= 0.3 is 12.1 Å². The standard InChI is InChI=1S/C44H87NO16/c1-6-7-8-9-10-11-12-13-14-15-42(46)60-41-40-59-39-38-58-37-36-57-35-34-56-33-32-55-31-30-54-29-28-53-27-26-52-25-24-51-23-22-50-21-20-49-19-18-48-17-16-45(5)43(47)61-44(2,3)4/h6-41H2,1-5H3. The van der Waals surface area contributed by atoms with E-state index in [1.54, 1.807) is 7.05 Å². The first-order chi connectivity index (χ1) is 29.8. The van der Waals surface area contributed by atoms with Crippen LogP contribution in [0.5, 0.6) is 0 Å². The van der Waals surface area contributed by atoms with Crippen LogP contribution in [-0.2, 0) is 71.1 Å². The van der Waals surface area contributed by atoms with Crippen LogP contribution < -0.4 is 0 Å². The summed E-state index contributed by atoms with van der Waals surface area (Å²) in [7, 11) is 1.68. The highest BCUT2D eigenvalue weighted by Crippen LogP contribution is 2.11. The number of hydrogen-bond donors (Lipinski definition) is 0. The third kappa shape index (κ3) is 50.8. The third-order valence-electron chi connectivity index (χ3n) is 8.34. The summed E-state index contributed by atoms with van der Waals surface area (Å²) < 4.78 is 76.4. The second-order valence-corrected chi connectivity index (χ2v) is 15.0. The van der Waals surface area contributed by atoms with Crippen molar-refractivity contribution < 1.29 is 75.9 Å². The Morgan fingerprint density at radius 2 is 0.639 bits per heavy atom. The van der Waals surface area contributed by atoms with E-state index in [0.717, 1.165) is 12.8 Å². The predicted molar refractivity (Wildman–Crippen MR) is 231 cm³/mol. The number of hydrogen-bond acceptors (Lipinski definition) is 16. The van der Waals surface area contributed by atoms with Crippen molar-refractivity contribution in [1.82, 2.24) is 4.90 Å². The molecule has 0 aliphatic rings. The zero-order valence-electron chi connectivity index (χ0n) is 38.9. The fraction of sp³-hybridized carbons (Fsp3) is 0.955. The van der Waals surface area contributed by atoms with Gasteiger partial charge in [0.15, 0.2) is 0 Å². The fourth-order valence-corrected chi connectivity index (χ4v) is 5.02. The molecule has 17 nitrogen and oxygen atoms in total. The molecule has 0 N–H and O–H groups in total. The molecule has 0 saturated heterocycles. The van der Waals surface area contributed by atoms with E-state index in [9.17, 15) is 9.59 Å². The molecule has 0 aliphatic carbocycles. The zero-order valence-corrected chi connectivity index (χ0v) is 38.9. The molecular weight excluding hydrogens is 798 g/mol. The number of carbonyl (C=O) groups is 2. The highest BCUT2D eigenvalue weighted by atomic mass is 16.6. The van der Waals surface area contributed by atoms with Gasteiger partial charge in [0, 0.05) is 20.0 Å². The summed E-state index contributed by atoms with van der Waals surface area (Å²) in [5.41, 5.74) is -0.515. The summed E-state index contributed by atoms with van der Waals surface area (Å²) in [6.45, 7) is 19.8. The SMILES string of the molecule is CCCCCCCCCCCC(=O)OCCOCCOCCOCCOCCOCCOCCOCCOCCOCCOCCOCCOCCN(C)C(=O)OC(C)(C)C. The van der Waals surface area contributed by atoms with Crippen LogP contribution in [0.25, 0.3) is 0 Å². The first kappa shape index (κ1) is 59.3. The monoisotopic (exact) mass is 886 g/mol. The average molecular weight is 886 g/mol. The Morgan fingerprint density at radius 3 is 0.934 bits per heavy atom. The maximum absolute atomic E-state index is 11.9. The van der Waals surface area contributed by atoms with E-state index >= 15 is 0 Å². The molecule has 0 aliphatic heterocycles. The molecule has 17 heteroatoms. The van der Waals surface area contributed by atoms with Gasteiger partial charge < -0.3 is 71.2 Å². The molecule has 0 aromatic heterocycles. The van der Waals surface area contributed by atoms with Crippen molar-refractivity contribution >= 4 is 12.1 Å². The van der Waals surface area contributed by atoms with Gasteiger partial charge in [-0.05, 0) is 27.2 Å². The highest BCUT2D eigenvalue weighted by molar-refractivity contribution is 5.69. The average Bonchev–Trinajstić information content (AvgIpc) is 3.23. The molecule has 0 spiro atoms. The number of amides is 1. The minimum atomic E-state index is -0.515. The predicted octanol–water partition coefficient (Wildman–Crippen LogP) is 5.52. The Kier molecular flexibility index (Phi) is 46.4. The summed E-state index contributed by atoms with van der Waals surface area (Å²) >= 11 is 0. The molecule has 0 heterocycles. The number of nitrogens with zero attached hydrogens (tertiary/aromatic N) is 1. The number of likely N-dealkylation sites (N-methyl/N-ethyl adjacent to an activating group) is 1. The highest BCUT2D eigenvalue weighted by Gasteiger charge is 2.19. The molecule has 0 rings (SSSR count). The smallest absolute Gasteiger partial charge is 0.410 e. The molecule has 0 saturated carbocycles. The van der Waals surface area contributed by atoms with Crippen LogP contribution in [0.1, 0.15) is 91.9 Å². The molecule has 0 fully saturated rings. The lowest BCUT2D eigenvalue weighted by atomic mass is 10.1. The number of ether oxygens (including phenoxy) is 14. The maximum atomic E-state index is 11.9. The lowest BCUT2D eigenvalue weighted by molar-refractivity contribution is -0.145. The summed E-state index contributed by atoms with van der Waals surface area (Å²) in [6.07, 6.45) is 11.2. The van der Waals surface area contributed by atoms with Crippen LogP contribution in [-0.4, -0.2) is 201 Å². The second kappa shape index (κ2) is 47.7. The van der Waals surface area contributed by atoms with Gasteiger partial charge in [0.2, 0.25) is 0 Å². The molecule has 0 unspecified atom stereocenters. The van der Waals surface area contributed by atoms with Crippen LogP contribution in [0.3, 0.4) is 0 Å². The molecule has 0 aromatic rings. The van der Waals surface area contributed by atoms with Gasteiger partial charge in [-0.25, -0.2) is 4.79 Å². The summed E-state index contributed by atoms with van der Waals surface area (Å²) in [4.78, 5) is 25.2. The molecule has 0 radical (unpaired) electrons. The van der Waals surface area contributed by atoms with E-state index in [2.05, 4.69) is 6.92 Å². The Hall–Kier alpha value is -1.74. The van der Waals surface area contributed by atoms with Crippen LogP contribution >= 0.6 is 0 Å². The topological polar surface area (TPSA) is 167 Å². The van der Waals surface area contributed by atoms with E-state index < -0.39 is 5.60 Å². The van der Waals surface area contributed by atoms with Crippen molar-refractivity contribution in [3.8, 4) is 0 Å². The summed E-state index contributed by atoms with van der Waals surface area (Å²) in [5.74, 6) is -0.141. The van der Waals surface area contributed by atoms with Gasteiger partial charge in [0.05, 0.1) is 159 Å². The van der Waals surface area contributed by atoms with Crippen molar-refractivity contribution in [3.63, 3.8) is 0 Å². The molecule has 1 amide bonds. The van der Waals surface area contributed by atoms with Crippen LogP contribution in [0, 0.1) is 0 Å². The number of rotatable bonds is 49. The Bertz CT molecular complexity index is 913. The van der Waals surface area contributed by atoms with E-state index in [-0.39, 0.29) is 18.7 Å². The lowest BCUT2D eigenvalue weighted by Crippen LogP contribution is -2.36. The number of esters is 1. The van der Waals surface area contributed by atoms with Gasteiger partial charge in [-0.15, -0.1) is 0 Å². The maximum Gasteiger partial charge on any atom is 0.410 e. The van der Waals surface area contributed by atoms with Gasteiger partial charge in [-0.2, -0.15) is 0 Å². The van der Waals surface area contributed by atoms with E-state index in [1.807, 2.05) is 20.8 Å². The second-order valence-electron chi connectivity index (χ2n) is 15.0. The quantitative estimate of drug-likeness (QED) is 0.0554. The van der Waals surface area contributed by atoms with Gasteiger partial charge in [0.25, 0.3) is 0 Å². The van der Waals surface area contributed by atoms with Crippen molar-refractivity contribution in [2.24, 2.45) is 0 Å². The van der Waals surface area contributed by atoms with Crippen molar-refractivity contribution in [1.29, 1.82) is 0 Å². The minimum absolute atomic E-state index is 0.141. The van der Waals surface area contributed by atoms with Gasteiger partial charge in [-0.3, -0.25) is 4.79 Å². The van der Waals surface area contributed by atoms with Crippen LogP contribution in [0.15, 0.2) is 0 Å². The normalized spacial score (nSPS) is 11.7. The number of unbranched alkanes of at least 4 members (excludes halogenated alkanes) is 8. The van der Waals surface area contributed by atoms with Crippen LogP contribution in [0.4, 0.5) is 4.79 Å². The lowest BCUT2D eigenvalue weighted by Gasteiger charge is -2.24. The largest absolute Gasteiger partial charge is 0.463 e. The van der Waals surface area contributed by atoms with E-state index in [1.165, 1.54) is 49.8 Å².